The van der Waals surface area contributed by atoms with Crippen molar-refractivity contribution < 1.29 is 4.74 Å². The maximum Gasteiger partial charge on any atom is 0.129 e. The van der Waals surface area contributed by atoms with Gasteiger partial charge < -0.3 is 15.0 Å². The molecule has 2 fully saturated rings. The van der Waals surface area contributed by atoms with E-state index < -0.39 is 0 Å². The number of rotatable bonds is 6. The van der Waals surface area contributed by atoms with Gasteiger partial charge in [0.25, 0.3) is 0 Å². The number of nitrogens with one attached hydrogen (secondary N) is 1. The van der Waals surface area contributed by atoms with Gasteiger partial charge in [0.1, 0.15) is 5.82 Å². The van der Waals surface area contributed by atoms with Crippen LogP contribution in [0.3, 0.4) is 0 Å². The Morgan fingerprint density at radius 1 is 1.11 bits per heavy atom. The minimum atomic E-state index is 0.440. The van der Waals surface area contributed by atoms with E-state index in [0.717, 1.165) is 56.6 Å². The zero-order valence-electron chi connectivity index (χ0n) is 17.1. The molecule has 28 heavy (non-hydrogen) atoms. The van der Waals surface area contributed by atoms with Crippen molar-refractivity contribution in [1.29, 1.82) is 0 Å². The highest BCUT2D eigenvalue weighted by molar-refractivity contribution is 5.54. The lowest BCUT2D eigenvalue weighted by Gasteiger charge is -2.29. The fraction of sp³-hybridized carbons (Fsp3) is 0.522. The first-order valence-electron chi connectivity index (χ1n) is 10.5. The molecular weight excluding hydrogens is 348 g/mol. The lowest BCUT2D eigenvalue weighted by atomic mass is 10.00. The van der Waals surface area contributed by atoms with E-state index in [-0.39, 0.29) is 0 Å². The summed E-state index contributed by atoms with van der Waals surface area (Å²) in [4.78, 5) is 9.73. The van der Waals surface area contributed by atoms with E-state index >= 15 is 0 Å². The van der Waals surface area contributed by atoms with Crippen molar-refractivity contribution in [2.45, 2.75) is 32.9 Å². The number of benzene rings is 1. The molecule has 0 saturated carbocycles. The van der Waals surface area contributed by atoms with Crippen LogP contribution in [-0.2, 0) is 11.3 Å². The van der Waals surface area contributed by atoms with Crippen LogP contribution in [0.2, 0.25) is 0 Å². The Balaban J connectivity index is 1.32. The van der Waals surface area contributed by atoms with Crippen molar-refractivity contribution in [3.63, 3.8) is 0 Å². The predicted octanol–water partition coefficient (Wildman–Crippen LogP) is 3.55. The predicted molar refractivity (Wildman–Crippen MR) is 115 cm³/mol. The van der Waals surface area contributed by atoms with Gasteiger partial charge in [0, 0.05) is 32.2 Å². The van der Waals surface area contributed by atoms with Crippen LogP contribution >= 0.6 is 0 Å². The summed E-state index contributed by atoms with van der Waals surface area (Å²) >= 11 is 0. The van der Waals surface area contributed by atoms with Crippen LogP contribution in [0, 0.1) is 12.8 Å². The number of morpholine rings is 1. The smallest absolute Gasteiger partial charge is 0.129 e. The van der Waals surface area contributed by atoms with Crippen molar-refractivity contribution in [3.05, 3.63) is 53.7 Å². The van der Waals surface area contributed by atoms with Crippen LogP contribution in [0.15, 0.2) is 42.5 Å². The largest absolute Gasteiger partial charge is 0.381 e. The number of nitrogens with zero attached hydrogens (tertiary/aromatic N) is 3. The molecule has 3 heterocycles. The van der Waals surface area contributed by atoms with Gasteiger partial charge in [0.2, 0.25) is 0 Å². The quantitative estimate of drug-likeness (QED) is 0.830. The second kappa shape index (κ2) is 8.93. The van der Waals surface area contributed by atoms with Crippen molar-refractivity contribution in [3.8, 4) is 0 Å². The Hall–Kier alpha value is -2.11. The first-order valence-corrected chi connectivity index (χ1v) is 10.5. The van der Waals surface area contributed by atoms with Gasteiger partial charge in [0.15, 0.2) is 0 Å². The molecule has 150 valence electrons. The maximum absolute atomic E-state index is 5.45. The molecule has 0 unspecified atom stereocenters. The maximum atomic E-state index is 5.45. The molecule has 1 N–H and O–H groups in total. The monoisotopic (exact) mass is 380 g/mol. The minimum absolute atomic E-state index is 0.440. The number of anilines is 2. The van der Waals surface area contributed by atoms with Crippen LogP contribution in [0.5, 0.6) is 0 Å². The highest BCUT2D eigenvalue weighted by Crippen LogP contribution is 2.26. The summed E-state index contributed by atoms with van der Waals surface area (Å²) in [6.45, 7) is 11.2. The molecule has 0 bridgehead atoms. The van der Waals surface area contributed by atoms with Crippen LogP contribution in [0.25, 0.3) is 0 Å². The third-order valence-corrected chi connectivity index (χ3v) is 6.05. The highest BCUT2D eigenvalue weighted by Gasteiger charge is 2.27. The summed E-state index contributed by atoms with van der Waals surface area (Å²) in [7, 11) is 0. The number of ether oxygens (including phenoxy) is 1. The van der Waals surface area contributed by atoms with Gasteiger partial charge in [-0.1, -0.05) is 30.3 Å². The molecule has 5 nitrogen and oxygen atoms in total. The number of aryl methyl sites for hydroxylation is 1. The second-order valence-electron chi connectivity index (χ2n) is 8.10. The molecule has 5 heteroatoms. The van der Waals surface area contributed by atoms with Crippen LogP contribution in [-0.4, -0.2) is 55.3 Å². The Labute approximate surface area is 168 Å². The molecule has 2 saturated heterocycles. The first kappa shape index (κ1) is 19.2. The summed E-state index contributed by atoms with van der Waals surface area (Å²) in [5.74, 6) is 1.73. The number of likely N-dealkylation sites (tertiary alicyclic amines) is 1. The summed E-state index contributed by atoms with van der Waals surface area (Å²) in [6, 6.07) is 15.6. The molecule has 4 rings (SSSR count). The van der Waals surface area contributed by atoms with Gasteiger partial charge in [-0.2, -0.15) is 0 Å². The summed E-state index contributed by atoms with van der Waals surface area (Å²) in [5.41, 5.74) is 3.64. The fourth-order valence-corrected chi connectivity index (χ4v) is 4.29. The zero-order chi connectivity index (χ0) is 19.3. The van der Waals surface area contributed by atoms with Crippen LogP contribution in [0.4, 0.5) is 11.5 Å². The average Bonchev–Trinajstić information content (AvgIpc) is 3.19. The summed E-state index contributed by atoms with van der Waals surface area (Å²) < 4.78 is 5.45. The molecule has 0 amide bonds. The Bertz CT molecular complexity index is 760. The van der Waals surface area contributed by atoms with E-state index in [1.165, 1.54) is 18.5 Å². The third-order valence-electron chi connectivity index (χ3n) is 6.05. The Morgan fingerprint density at radius 2 is 1.89 bits per heavy atom. The topological polar surface area (TPSA) is 40.6 Å². The normalized spacial score (nSPS) is 21.6. The van der Waals surface area contributed by atoms with E-state index in [1.807, 2.05) is 0 Å². The van der Waals surface area contributed by atoms with Gasteiger partial charge in [-0.05, 0) is 50.4 Å². The molecule has 2 aromatic rings. The Kier molecular flexibility index (Phi) is 6.13. The van der Waals surface area contributed by atoms with E-state index in [2.05, 4.69) is 71.4 Å². The lowest BCUT2D eigenvalue weighted by molar-refractivity contribution is 0.122. The number of pyridine rings is 1. The Morgan fingerprint density at radius 3 is 2.64 bits per heavy atom. The molecule has 2 aliphatic heterocycles. The molecule has 0 radical (unpaired) electrons. The SMILES string of the molecule is Cc1nc(N2CCOCC2)ccc1N[C@@H](C)[C@H]1CCN(Cc2ccccc2)C1. The highest BCUT2D eigenvalue weighted by atomic mass is 16.5. The fourth-order valence-electron chi connectivity index (χ4n) is 4.29. The molecule has 2 atom stereocenters. The standard InChI is InChI=1S/C23H32N4O/c1-18(21-10-11-26(17-21)16-20-6-4-3-5-7-20)24-22-8-9-23(25-19(22)2)27-12-14-28-15-13-27/h3-9,18,21,24H,10-17H2,1-2H3/t18-,21-/m0/s1. The van der Waals surface area contributed by atoms with Gasteiger partial charge in [-0.3, -0.25) is 4.90 Å². The van der Waals surface area contributed by atoms with Crippen molar-refractivity contribution in [1.82, 2.24) is 9.88 Å². The van der Waals surface area contributed by atoms with Crippen LogP contribution < -0.4 is 10.2 Å². The molecule has 0 aliphatic carbocycles. The number of hydrogen-bond donors (Lipinski definition) is 1. The van der Waals surface area contributed by atoms with Crippen molar-refractivity contribution in [2.24, 2.45) is 5.92 Å². The zero-order valence-corrected chi connectivity index (χ0v) is 17.1. The van der Waals surface area contributed by atoms with Crippen molar-refractivity contribution in [2.75, 3.05) is 49.6 Å². The first-order chi connectivity index (χ1) is 13.7. The summed E-state index contributed by atoms with van der Waals surface area (Å²) in [6.07, 6.45) is 1.25. The van der Waals surface area contributed by atoms with E-state index in [1.54, 1.807) is 0 Å². The second-order valence-corrected chi connectivity index (χ2v) is 8.10. The van der Waals surface area contributed by atoms with E-state index in [4.69, 9.17) is 9.72 Å². The molecule has 2 aliphatic rings. The van der Waals surface area contributed by atoms with E-state index in [0.29, 0.717) is 12.0 Å². The average molecular weight is 381 g/mol. The molecule has 1 aromatic heterocycles. The molecule has 0 spiro atoms. The minimum Gasteiger partial charge on any atom is -0.381 e. The summed E-state index contributed by atoms with van der Waals surface area (Å²) in [5, 5.41) is 3.73. The third kappa shape index (κ3) is 4.65. The van der Waals surface area contributed by atoms with Gasteiger partial charge in [-0.25, -0.2) is 4.98 Å². The van der Waals surface area contributed by atoms with Crippen LogP contribution in [0.1, 0.15) is 24.6 Å². The van der Waals surface area contributed by atoms with Gasteiger partial charge >= 0.3 is 0 Å². The molecule has 1 aromatic carbocycles. The van der Waals surface area contributed by atoms with Gasteiger partial charge in [0.05, 0.1) is 24.6 Å². The molecular formula is C23H32N4O. The van der Waals surface area contributed by atoms with Crippen molar-refractivity contribution >= 4 is 11.5 Å². The number of aromatic nitrogens is 1. The van der Waals surface area contributed by atoms with Gasteiger partial charge in [-0.15, -0.1) is 0 Å². The van der Waals surface area contributed by atoms with E-state index in [9.17, 15) is 0 Å². The number of hydrogen-bond acceptors (Lipinski definition) is 5. The lowest BCUT2D eigenvalue weighted by Crippen LogP contribution is -2.36.